The average molecular weight is 2090 g/mol. The van der Waals surface area contributed by atoms with Crippen LogP contribution >= 0.6 is 50.7 Å². The molecule has 9 aliphatic rings. The third-order valence-corrected chi connectivity index (χ3v) is 42.7. The molecule has 0 amide bonds. The van der Waals surface area contributed by atoms with Crippen molar-refractivity contribution in [2.75, 3.05) is 77.9 Å². The Morgan fingerprint density at radius 3 is 1.27 bits per heavy atom. The Labute approximate surface area is 811 Å². The standard InChI is InChI=1S/C36H54ClFN4O6SSi2.C34H48BrClFN3O5Si2.C24H26ClFN4O5S/c1-36(2,3)51(9,10)48-30-20-46-32-29(19-45-33(30)32)47-35-40-28-18-25(37)27(39-34(28)42(35)21-44-13-14-50(6,7)8)16-23-12-11-22-15-24(41-49(4,5)43)17-26(38)31(22)23;1-34(2,3)47(7,8)45-28-18-43-30-27(17-42-31(28)30)44-33-39-26-16-23(36)25(38-32(26)40(33)19-41-11-12-46(4,5)6)14-21-10-9-20-13-22(35)15-24(37)29(20)21;1-36(2,32)30-13-5-11-3-4-12(20(11)15(26)7-13)6-16-14(25)8-17-23(27-16)29-24(28-17)35-19-10-34-21-18(31)9-33-22(19)21/h15,17-18,23,29-30,32-33H,11-14,16,19-21H2,1-10H3;13,15-16,21,27-28,30-31H,9-12,14,17-19H2,1-8H3;5,7-8,12,18-19,21-22,31H,3-4,6,9-10H2,1-2H3,(H,27,28,29)/t23-,29-,30-,32-,33-;21-,27-,28-,30-,31-;12-,18-,19-,21-,22-/m111/s1. The van der Waals surface area contributed by atoms with Gasteiger partial charge in [-0.2, -0.15) is 23.7 Å². The Hall–Kier alpha value is -5.61. The molecule has 0 saturated carbocycles. The van der Waals surface area contributed by atoms with Gasteiger partial charge in [0.1, 0.15) is 84.7 Å². The molecule has 3 aromatic carbocycles. The van der Waals surface area contributed by atoms with E-state index in [1.54, 1.807) is 30.7 Å². The van der Waals surface area contributed by atoms with Crippen LogP contribution < -0.4 is 14.2 Å². The lowest BCUT2D eigenvalue weighted by Gasteiger charge is -2.39. The van der Waals surface area contributed by atoms with Gasteiger partial charge >= 0.3 is 12.0 Å². The van der Waals surface area contributed by atoms with Crippen LogP contribution in [0.4, 0.5) is 24.5 Å². The van der Waals surface area contributed by atoms with E-state index in [0.717, 1.165) is 64.5 Å². The van der Waals surface area contributed by atoms with Crippen LogP contribution in [0.1, 0.15) is 129 Å². The van der Waals surface area contributed by atoms with Gasteiger partial charge in [-0.3, -0.25) is 9.13 Å². The number of nitrogens with zero attached hydrogens (tertiary/aromatic N) is 10. The molecule has 0 radical (unpaired) electrons. The van der Waals surface area contributed by atoms with E-state index in [1.807, 2.05) is 33.4 Å². The van der Waals surface area contributed by atoms with Crippen LogP contribution in [0.2, 0.25) is 103 Å². The Kier molecular flexibility index (Phi) is 30.0. The Balaban J connectivity index is 0.000000148. The first-order valence-corrected chi connectivity index (χ1v) is 66.2. The van der Waals surface area contributed by atoms with Crippen molar-refractivity contribution in [3.63, 3.8) is 0 Å². The molecule has 6 fully saturated rings. The van der Waals surface area contributed by atoms with E-state index in [-0.39, 0.29) is 133 Å². The molecule has 2 N–H and O–H groups in total. The first-order chi connectivity index (χ1) is 62.8. The predicted octanol–water partition coefficient (Wildman–Crippen LogP) is 19.9. The summed E-state index contributed by atoms with van der Waals surface area (Å²) < 4.78 is 164. The summed E-state index contributed by atoms with van der Waals surface area (Å²) in [4.78, 5) is 31.9. The number of H-pyrrole nitrogens is 1. The lowest BCUT2D eigenvalue weighted by Crippen LogP contribution is -2.47. The van der Waals surface area contributed by atoms with Crippen LogP contribution in [-0.2, 0) is 118 Å². The molecule has 9 aromatic rings. The van der Waals surface area contributed by atoms with Gasteiger partial charge in [0.05, 0.1) is 101 Å². The number of aryl methyl sites for hydroxylation is 3. The Bertz CT molecular complexity index is 6140. The van der Waals surface area contributed by atoms with Gasteiger partial charge in [0, 0.05) is 90.4 Å². The summed E-state index contributed by atoms with van der Waals surface area (Å²) in [7, 11) is -11.4. The molecule has 0 unspecified atom stereocenters. The number of aliphatic hydroxyl groups is 1. The minimum absolute atomic E-state index is 0.00536. The van der Waals surface area contributed by atoms with Crippen molar-refractivity contribution in [3.8, 4) is 18.0 Å². The third-order valence-electron chi connectivity index (χ3n) is 27.6. The summed E-state index contributed by atoms with van der Waals surface area (Å²) >= 11 is 23.7. The first-order valence-electron chi connectivity index (χ1n) is 46.4. The summed E-state index contributed by atoms with van der Waals surface area (Å²) in [6, 6.07) is 18.4. The molecule has 6 aromatic heterocycles. The second kappa shape index (κ2) is 39.7. The highest BCUT2D eigenvalue weighted by molar-refractivity contribution is 9.10. The van der Waals surface area contributed by atoms with Gasteiger partial charge in [-0.1, -0.05) is 132 Å². The number of nitrogens with one attached hydrogen (secondary N) is 1. The molecule has 40 heteroatoms. The molecule has 134 heavy (non-hydrogen) atoms. The van der Waals surface area contributed by atoms with E-state index < -0.39 is 70.6 Å². The number of halogens is 7. The van der Waals surface area contributed by atoms with Gasteiger partial charge in [-0.25, -0.2) is 36.5 Å². The van der Waals surface area contributed by atoms with Crippen LogP contribution in [0.3, 0.4) is 0 Å². The number of aliphatic hydroxyl groups excluding tert-OH is 1. The molecule has 15 atom stereocenters. The number of benzene rings is 3. The summed E-state index contributed by atoms with van der Waals surface area (Å²) in [5.74, 6) is -1.08. The molecule has 732 valence electrons. The van der Waals surface area contributed by atoms with Gasteiger partial charge in [0.25, 0.3) is 6.01 Å². The second-order valence-electron chi connectivity index (χ2n) is 43.2. The molecule has 0 bridgehead atoms. The highest BCUT2D eigenvalue weighted by Gasteiger charge is 2.56. The maximum absolute atomic E-state index is 15.5. The van der Waals surface area contributed by atoms with Crippen LogP contribution in [0.25, 0.3) is 33.5 Å². The maximum atomic E-state index is 15.5. The quantitative estimate of drug-likeness (QED) is 0.0340. The van der Waals surface area contributed by atoms with E-state index in [4.69, 9.17) is 116 Å². The van der Waals surface area contributed by atoms with Gasteiger partial charge in [0.15, 0.2) is 51.9 Å². The van der Waals surface area contributed by atoms with Crippen molar-refractivity contribution in [2.24, 2.45) is 8.73 Å². The molecular weight excluding hydrogens is 1960 g/mol. The lowest BCUT2D eigenvalue weighted by molar-refractivity contribution is 0.00684. The smallest absolute Gasteiger partial charge is 0.301 e. The molecule has 27 nitrogen and oxygen atoms in total. The van der Waals surface area contributed by atoms with E-state index in [9.17, 15) is 13.5 Å². The topological polar surface area (TPSA) is 302 Å². The molecule has 0 spiro atoms. The van der Waals surface area contributed by atoms with Crippen molar-refractivity contribution < 1.29 is 87.7 Å². The fourth-order valence-electron chi connectivity index (χ4n) is 18.6. The van der Waals surface area contributed by atoms with Gasteiger partial charge < -0.3 is 71.0 Å². The van der Waals surface area contributed by atoms with Gasteiger partial charge in [0.2, 0.25) is 0 Å². The molecular formula is C94H128BrCl3F3N11O16S2Si4. The van der Waals surface area contributed by atoms with Gasteiger partial charge in [-0.15, -0.1) is 0 Å². The van der Waals surface area contributed by atoms with E-state index >= 15 is 13.2 Å². The van der Waals surface area contributed by atoms with Gasteiger partial charge in [-0.05, 0) is 200 Å². The highest BCUT2D eigenvalue weighted by atomic mass is 79.9. The zero-order chi connectivity index (χ0) is 96.2. The third kappa shape index (κ3) is 23.1. The number of imidazole rings is 3. The monoisotopic (exact) mass is 2080 g/mol. The number of aromatic amines is 1. The van der Waals surface area contributed by atoms with Crippen LogP contribution in [0, 0.1) is 17.5 Å². The molecule has 6 aliphatic heterocycles. The Morgan fingerprint density at radius 2 is 0.851 bits per heavy atom. The zero-order valence-corrected chi connectivity index (χ0v) is 89.7. The van der Waals surface area contributed by atoms with Crippen LogP contribution in [0.5, 0.6) is 18.0 Å². The number of hydrogen-bond acceptors (Lipinski definition) is 24. The largest absolute Gasteiger partial charge is 0.456 e. The summed E-state index contributed by atoms with van der Waals surface area (Å²) in [6.45, 7) is 40.2. The minimum Gasteiger partial charge on any atom is -0.456 e. The zero-order valence-electron chi connectivity index (χ0n) is 80.2. The first kappa shape index (κ1) is 101. The van der Waals surface area contributed by atoms with E-state index in [2.05, 4.69) is 147 Å². The highest BCUT2D eigenvalue weighted by Crippen LogP contribution is 2.48. The summed E-state index contributed by atoms with van der Waals surface area (Å²) in [5.41, 5.74) is 11.2. The second-order valence-corrected chi connectivity index (χ2v) is 71.2. The molecule has 3 aliphatic carbocycles. The average Bonchev–Trinajstić information content (AvgIpc) is 1.61. The van der Waals surface area contributed by atoms with E-state index in [0.29, 0.717) is 172 Å². The number of ether oxygens (including phenoxy) is 11. The lowest BCUT2D eigenvalue weighted by atomic mass is 9.95. The SMILES string of the molecule is CC(C)(C)[Si](C)(C)O[C@@H]1CO[C@H]2[C@@H]1OC[C@H]2Oc1nc2cc(Cl)c(C[C@H]3CCc4cc(Br)cc(F)c43)nc2n1COCC[Si](C)(C)C.CC(C)(C)[Si](C)(C)O[C@@H]1CO[C@H]2[C@@H]1OC[C@H]2Oc1nc2cc(Cl)c(C[C@H]3CCc4cc(N=S(C)(C)=O)cc(F)c43)nc2n1COCC[Si](C)(C)C.CS(C)(=O)=Nc1cc(F)c2c(c1)CC[C@@H]2Cc1nc2nc(O[C@@H]3CO[C@H]4[C@@H]3OC[C@H]4O)[nH]c2cc1Cl. The fraction of sp³-hybridized carbons (Fsp3) is 0.617. The summed E-state index contributed by atoms with van der Waals surface area (Å²) in [5, 5.41) is 11.5. The number of hydrogen-bond donors (Lipinski definition) is 2. The molecule has 12 heterocycles. The molecule has 6 saturated heterocycles. The van der Waals surface area contributed by atoms with Crippen LogP contribution in [0.15, 0.2) is 67.8 Å². The summed E-state index contributed by atoms with van der Waals surface area (Å²) in [6.07, 6.45) is 8.35. The minimum atomic E-state index is -2.41. The van der Waals surface area contributed by atoms with Crippen molar-refractivity contribution in [2.45, 2.75) is 291 Å². The predicted molar refractivity (Wildman–Crippen MR) is 529 cm³/mol. The van der Waals surface area contributed by atoms with Crippen molar-refractivity contribution >= 4 is 148 Å². The van der Waals surface area contributed by atoms with Crippen molar-refractivity contribution in [1.82, 2.24) is 44.0 Å². The van der Waals surface area contributed by atoms with E-state index in [1.165, 1.54) is 24.6 Å². The number of fused-ring (bicyclic) bond motifs is 9. The van der Waals surface area contributed by atoms with Crippen molar-refractivity contribution in [3.05, 3.63) is 142 Å². The molecule has 18 rings (SSSR count). The normalized spacial score (nSPS) is 25.1. The van der Waals surface area contributed by atoms with Crippen molar-refractivity contribution in [1.29, 1.82) is 0 Å². The fourth-order valence-corrected chi connectivity index (χ4v) is 25.1. The number of rotatable bonds is 28. The maximum Gasteiger partial charge on any atom is 0.301 e. The Morgan fingerprint density at radius 1 is 0.485 bits per heavy atom. The van der Waals surface area contributed by atoms with Crippen LogP contribution in [-0.4, -0.2) is 241 Å². The number of pyridine rings is 3. The number of aromatic nitrogens is 9.